The lowest BCUT2D eigenvalue weighted by molar-refractivity contribution is 0.241. The molecule has 6 heteroatoms. The molecule has 2 N–H and O–H groups in total. The standard InChI is InChI=1S/C20H29N5O/c1-3-21-20(23-10-6-7-12-25-13-11-22-16(25)2)24-15-18-14-17-8-4-5-9-19(17)26-18/h4-5,8-9,11,13,18H,3,6-7,10,12,14-15H2,1-2H3,(H2,21,23,24). The van der Waals surface area contributed by atoms with Gasteiger partial charge in [-0.15, -0.1) is 0 Å². The Morgan fingerprint density at radius 2 is 2.19 bits per heavy atom. The van der Waals surface area contributed by atoms with Crippen LogP contribution in [0.5, 0.6) is 5.75 Å². The van der Waals surface area contributed by atoms with E-state index in [0.29, 0.717) is 6.54 Å². The minimum atomic E-state index is 0.132. The van der Waals surface area contributed by atoms with Gasteiger partial charge in [0, 0.05) is 38.4 Å². The van der Waals surface area contributed by atoms with Gasteiger partial charge in [-0.3, -0.25) is 0 Å². The van der Waals surface area contributed by atoms with E-state index in [1.54, 1.807) is 0 Å². The third-order valence-electron chi connectivity index (χ3n) is 4.55. The van der Waals surface area contributed by atoms with E-state index in [2.05, 4.69) is 39.2 Å². The summed E-state index contributed by atoms with van der Waals surface area (Å²) in [6, 6.07) is 8.24. The number of imidazole rings is 1. The first-order valence-electron chi connectivity index (χ1n) is 9.50. The van der Waals surface area contributed by atoms with Crippen molar-refractivity contribution in [3.05, 3.63) is 48.0 Å². The van der Waals surface area contributed by atoms with Crippen LogP contribution in [0.3, 0.4) is 0 Å². The molecule has 2 heterocycles. The quantitative estimate of drug-likeness (QED) is 0.434. The average Bonchev–Trinajstić information content (AvgIpc) is 3.25. The molecule has 2 aromatic rings. The maximum atomic E-state index is 5.96. The molecule has 1 aromatic heterocycles. The number of benzene rings is 1. The maximum absolute atomic E-state index is 5.96. The van der Waals surface area contributed by atoms with Gasteiger partial charge in [0.1, 0.15) is 17.7 Å². The van der Waals surface area contributed by atoms with Crippen molar-refractivity contribution in [1.29, 1.82) is 0 Å². The zero-order valence-corrected chi connectivity index (χ0v) is 15.7. The number of hydrogen-bond donors (Lipinski definition) is 2. The van der Waals surface area contributed by atoms with Crippen molar-refractivity contribution in [2.45, 2.75) is 45.8 Å². The van der Waals surface area contributed by atoms with Crippen LogP contribution in [0, 0.1) is 6.92 Å². The second-order valence-electron chi connectivity index (χ2n) is 6.57. The van der Waals surface area contributed by atoms with Gasteiger partial charge in [0.05, 0.1) is 6.54 Å². The van der Waals surface area contributed by atoms with Crippen molar-refractivity contribution >= 4 is 5.96 Å². The molecule has 0 radical (unpaired) electrons. The number of guanidine groups is 1. The van der Waals surface area contributed by atoms with E-state index >= 15 is 0 Å². The number of ether oxygens (including phenoxy) is 1. The molecule has 0 aliphatic carbocycles. The van der Waals surface area contributed by atoms with Crippen LogP contribution in [-0.4, -0.2) is 41.2 Å². The van der Waals surface area contributed by atoms with E-state index in [9.17, 15) is 0 Å². The van der Waals surface area contributed by atoms with Crippen molar-refractivity contribution < 1.29 is 4.74 Å². The molecule has 1 aliphatic heterocycles. The minimum Gasteiger partial charge on any atom is -0.488 e. The molecule has 1 unspecified atom stereocenters. The van der Waals surface area contributed by atoms with Crippen LogP contribution in [0.4, 0.5) is 0 Å². The second kappa shape index (κ2) is 9.27. The average molecular weight is 355 g/mol. The van der Waals surface area contributed by atoms with Crippen molar-refractivity contribution in [1.82, 2.24) is 20.2 Å². The van der Waals surface area contributed by atoms with E-state index in [0.717, 1.165) is 56.4 Å². The van der Waals surface area contributed by atoms with Gasteiger partial charge in [-0.25, -0.2) is 9.98 Å². The van der Waals surface area contributed by atoms with Gasteiger partial charge in [0.2, 0.25) is 0 Å². The minimum absolute atomic E-state index is 0.132. The molecule has 6 nitrogen and oxygen atoms in total. The van der Waals surface area contributed by atoms with E-state index in [1.165, 1.54) is 5.56 Å². The normalized spacial score (nSPS) is 16.2. The number of nitrogens with zero attached hydrogens (tertiary/aromatic N) is 3. The van der Waals surface area contributed by atoms with Crippen molar-refractivity contribution in [3.8, 4) is 5.75 Å². The number of unbranched alkanes of at least 4 members (excludes halogenated alkanes) is 1. The number of para-hydroxylation sites is 1. The molecule has 0 saturated carbocycles. The van der Waals surface area contributed by atoms with E-state index in [4.69, 9.17) is 9.73 Å². The summed E-state index contributed by atoms with van der Waals surface area (Å²) in [6.45, 7) is 7.56. The number of fused-ring (bicyclic) bond motifs is 1. The largest absolute Gasteiger partial charge is 0.488 e. The van der Waals surface area contributed by atoms with Gasteiger partial charge in [-0.1, -0.05) is 18.2 Å². The molecule has 0 amide bonds. The Kier molecular flexibility index (Phi) is 6.52. The summed E-state index contributed by atoms with van der Waals surface area (Å²) in [4.78, 5) is 8.95. The zero-order valence-electron chi connectivity index (χ0n) is 15.7. The summed E-state index contributed by atoms with van der Waals surface area (Å²) in [5.74, 6) is 2.94. The van der Waals surface area contributed by atoms with Crippen LogP contribution >= 0.6 is 0 Å². The Morgan fingerprint density at radius 3 is 2.96 bits per heavy atom. The summed E-state index contributed by atoms with van der Waals surface area (Å²) >= 11 is 0. The third-order valence-corrected chi connectivity index (χ3v) is 4.55. The molecule has 26 heavy (non-hydrogen) atoms. The van der Waals surface area contributed by atoms with E-state index in [-0.39, 0.29) is 6.10 Å². The van der Waals surface area contributed by atoms with Gasteiger partial charge in [-0.2, -0.15) is 0 Å². The zero-order chi connectivity index (χ0) is 18.2. The smallest absolute Gasteiger partial charge is 0.191 e. The van der Waals surface area contributed by atoms with Crippen LogP contribution in [0.2, 0.25) is 0 Å². The number of nitrogens with one attached hydrogen (secondary N) is 2. The second-order valence-corrected chi connectivity index (χ2v) is 6.57. The Labute approximate surface area is 155 Å². The summed E-state index contributed by atoms with van der Waals surface area (Å²) in [6.07, 6.45) is 7.16. The highest BCUT2D eigenvalue weighted by atomic mass is 16.5. The first-order chi connectivity index (χ1) is 12.8. The highest BCUT2D eigenvalue weighted by Crippen LogP contribution is 2.28. The molecule has 0 fully saturated rings. The van der Waals surface area contributed by atoms with Crippen LogP contribution in [0.15, 0.2) is 41.7 Å². The number of aryl methyl sites for hydroxylation is 2. The highest BCUT2D eigenvalue weighted by Gasteiger charge is 2.21. The number of hydrogen-bond acceptors (Lipinski definition) is 3. The third kappa shape index (κ3) is 5.00. The van der Waals surface area contributed by atoms with Gasteiger partial charge in [0.15, 0.2) is 5.96 Å². The lowest BCUT2D eigenvalue weighted by atomic mass is 10.1. The van der Waals surface area contributed by atoms with E-state index < -0.39 is 0 Å². The Balaban J connectivity index is 1.39. The number of aliphatic imine (C=N–C) groups is 1. The molecular weight excluding hydrogens is 326 g/mol. The predicted molar refractivity (Wildman–Crippen MR) is 105 cm³/mol. The van der Waals surface area contributed by atoms with Crippen LogP contribution in [0.1, 0.15) is 31.2 Å². The van der Waals surface area contributed by atoms with Crippen molar-refractivity contribution in [2.24, 2.45) is 4.99 Å². The van der Waals surface area contributed by atoms with Gasteiger partial charge in [-0.05, 0) is 38.3 Å². The molecule has 0 saturated heterocycles. The van der Waals surface area contributed by atoms with Crippen molar-refractivity contribution in [2.75, 3.05) is 19.6 Å². The topological polar surface area (TPSA) is 63.5 Å². The molecular formula is C20H29N5O. The van der Waals surface area contributed by atoms with Gasteiger partial charge >= 0.3 is 0 Å². The SMILES string of the molecule is CCNC(=NCC1Cc2ccccc2O1)NCCCCn1ccnc1C. The molecule has 3 rings (SSSR count). The predicted octanol–water partition coefficient (Wildman–Crippen LogP) is 2.53. The molecule has 140 valence electrons. The van der Waals surface area contributed by atoms with Crippen LogP contribution in [-0.2, 0) is 13.0 Å². The summed E-state index contributed by atoms with van der Waals surface area (Å²) in [5, 5.41) is 6.73. The Bertz CT molecular complexity index is 699. The van der Waals surface area contributed by atoms with Crippen LogP contribution in [0.25, 0.3) is 0 Å². The fourth-order valence-corrected chi connectivity index (χ4v) is 3.14. The molecule has 0 spiro atoms. The van der Waals surface area contributed by atoms with Gasteiger partial charge < -0.3 is 19.9 Å². The fourth-order valence-electron chi connectivity index (χ4n) is 3.14. The van der Waals surface area contributed by atoms with Gasteiger partial charge in [0.25, 0.3) is 0 Å². The monoisotopic (exact) mass is 355 g/mol. The first-order valence-corrected chi connectivity index (χ1v) is 9.50. The summed E-state index contributed by atoms with van der Waals surface area (Å²) in [7, 11) is 0. The maximum Gasteiger partial charge on any atom is 0.191 e. The number of rotatable bonds is 8. The lowest BCUT2D eigenvalue weighted by Crippen LogP contribution is -2.38. The fraction of sp³-hybridized carbons (Fsp3) is 0.500. The summed E-state index contributed by atoms with van der Waals surface area (Å²) < 4.78 is 8.15. The Morgan fingerprint density at radius 1 is 1.31 bits per heavy atom. The number of aromatic nitrogens is 2. The first kappa shape index (κ1) is 18.3. The van der Waals surface area contributed by atoms with Crippen LogP contribution < -0.4 is 15.4 Å². The molecule has 1 aromatic carbocycles. The molecule has 0 bridgehead atoms. The summed E-state index contributed by atoms with van der Waals surface area (Å²) in [5.41, 5.74) is 1.28. The Hall–Kier alpha value is -2.50. The highest BCUT2D eigenvalue weighted by molar-refractivity contribution is 5.79. The van der Waals surface area contributed by atoms with Crippen molar-refractivity contribution in [3.63, 3.8) is 0 Å². The van der Waals surface area contributed by atoms with E-state index in [1.807, 2.05) is 31.5 Å². The lowest BCUT2D eigenvalue weighted by Gasteiger charge is -2.13. The molecule has 1 aliphatic rings. The molecule has 1 atom stereocenters.